The number of carbonyl (C=O) groups excluding carboxylic acids is 2. The molecule has 1 aliphatic heterocycles. The molecule has 2 aromatic carbocycles. The van der Waals surface area contributed by atoms with Crippen LogP contribution in [0.3, 0.4) is 0 Å². The van der Waals surface area contributed by atoms with Crippen molar-refractivity contribution in [3.63, 3.8) is 0 Å². The van der Waals surface area contributed by atoms with Gasteiger partial charge in [-0.3, -0.25) is 14.5 Å². The lowest BCUT2D eigenvalue weighted by molar-refractivity contribution is -0.119. The molecule has 11 heteroatoms. The second kappa shape index (κ2) is 11.4. The number of rotatable bonds is 9. The van der Waals surface area contributed by atoms with Gasteiger partial charge in [-0.1, -0.05) is 12.1 Å². The Morgan fingerprint density at radius 2 is 1.65 bits per heavy atom. The van der Waals surface area contributed by atoms with Gasteiger partial charge in [0.05, 0.1) is 38.3 Å². The Morgan fingerprint density at radius 3 is 2.26 bits per heavy atom. The number of nitrogens with zero attached hydrogens (tertiary/aromatic N) is 2. The summed E-state index contributed by atoms with van der Waals surface area (Å²) in [6.07, 6.45) is 0. The van der Waals surface area contributed by atoms with Crippen molar-refractivity contribution in [3.8, 4) is 5.75 Å². The maximum atomic E-state index is 13.0. The summed E-state index contributed by atoms with van der Waals surface area (Å²) in [6.45, 7) is 2.95. The molecule has 34 heavy (non-hydrogen) atoms. The Balaban J connectivity index is 1.57. The number of benzene rings is 2. The highest BCUT2D eigenvalue weighted by Gasteiger charge is 2.28. The second-order valence-electron chi connectivity index (χ2n) is 8.00. The SMILES string of the molecule is COc1cccc(NC(=O)CN(C)CC(=O)Nc2ccc(C)c(S(=O)(=O)N3CCOCC3)c2)c1. The number of amides is 2. The lowest BCUT2D eigenvalue weighted by atomic mass is 10.2. The number of aryl methyl sites for hydroxylation is 1. The summed E-state index contributed by atoms with van der Waals surface area (Å²) in [6, 6.07) is 11.8. The van der Waals surface area contributed by atoms with Crippen LogP contribution in [0, 0.1) is 6.92 Å². The lowest BCUT2D eigenvalue weighted by Crippen LogP contribution is -2.40. The monoisotopic (exact) mass is 490 g/mol. The molecule has 0 radical (unpaired) electrons. The quantitative estimate of drug-likeness (QED) is 0.547. The summed E-state index contributed by atoms with van der Waals surface area (Å²) >= 11 is 0. The Labute approximate surface area is 199 Å². The molecule has 1 heterocycles. The normalized spacial score (nSPS) is 14.6. The van der Waals surface area contributed by atoms with E-state index in [-0.39, 0.29) is 29.8 Å². The molecule has 2 N–H and O–H groups in total. The summed E-state index contributed by atoms with van der Waals surface area (Å²) in [4.78, 5) is 26.5. The third-order valence-corrected chi connectivity index (χ3v) is 7.28. The number of ether oxygens (including phenoxy) is 2. The van der Waals surface area contributed by atoms with Gasteiger partial charge in [0.15, 0.2) is 0 Å². The van der Waals surface area contributed by atoms with Crippen molar-refractivity contribution in [3.05, 3.63) is 48.0 Å². The molecular formula is C23H30N4O6S. The molecular weight excluding hydrogens is 460 g/mol. The average molecular weight is 491 g/mol. The van der Waals surface area contributed by atoms with Crippen molar-refractivity contribution in [2.24, 2.45) is 0 Å². The molecule has 0 atom stereocenters. The summed E-state index contributed by atoms with van der Waals surface area (Å²) < 4.78 is 37.8. The van der Waals surface area contributed by atoms with Crippen LogP contribution in [0.2, 0.25) is 0 Å². The van der Waals surface area contributed by atoms with Crippen LogP contribution in [0.1, 0.15) is 5.56 Å². The Bertz CT molecular complexity index is 1130. The van der Waals surface area contributed by atoms with Gasteiger partial charge in [0, 0.05) is 30.5 Å². The molecule has 0 spiro atoms. The Kier molecular flexibility index (Phi) is 8.61. The summed E-state index contributed by atoms with van der Waals surface area (Å²) in [5.41, 5.74) is 1.56. The first kappa shape index (κ1) is 25.6. The zero-order valence-corrected chi connectivity index (χ0v) is 20.4. The van der Waals surface area contributed by atoms with Gasteiger partial charge in [-0.25, -0.2) is 8.42 Å². The zero-order chi connectivity index (χ0) is 24.7. The van der Waals surface area contributed by atoms with E-state index in [1.165, 1.54) is 10.4 Å². The van der Waals surface area contributed by atoms with Crippen molar-refractivity contribution in [1.82, 2.24) is 9.21 Å². The highest BCUT2D eigenvalue weighted by molar-refractivity contribution is 7.89. The number of nitrogens with one attached hydrogen (secondary N) is 2. The first-order chi connectivity index (χ1) is 16.2. The van der Waals surface area contributed by atoms with Crippen LogP contribution < -0.4 is 15.4 Å². The fraction of sp³-hybridized carbons (Fsp3) is 0.391. The number of anilines is 2. The van der Waals surface area contributed by atoms with Crippen molar-refractivity contribution < 1.29 is 27.5 Å². The predicted molar refractivity (Wildman–Crippen MR) is 129 cm³/mol. The number of likely N-dealkylation sites (N-methyl/N-ethyl adjacent to an activating group) is 1. The lowest BCUT2D eigenvalue weighted by Gasteiger charge is -2.27. The standard InChI is InChI=1S/C23H30N4O6S/c1-17-7-8-19(14-21(17)34(30,31)27-9-11-33-12-10-27)25-23(29)16-26(2)15-22(28)24-18-5-4-6-20(13-18)32-3/h4-8,13-14H,9-12,15-16H2,1-3H3,(H,24,28)(H,25,29). The molecule has 2 amide bonds. The zero-order valence-electron chi connectivity index (χ0n) is 19.5. The number of hydrogen-bond donors (Lipinski definition) is 2. The number of sulfonamides is 1. The Hall–Kier alpha value is -2.99. The number of methoxy groups -OCH3 is 1. The summed E-state index contributed by atoms with van der Waals surface area (Å²) in [7, 11) is -0.504. The number of morpholine rings is 1. The minimum absolute atomic E-state index is 0.00477. The highest BCUT2D eigenvalue weighted by atomic mass is 32.2. The smallest absolute Gasteiger partial charge is 0.243 e. The van der Waals surface area contributed by atoms with Crippen LogP contribution in [0.25, 0.3) is 0 Å². The van der Waals surface area contributed by atoms with E-state index in [0.29, 0.717) is 49.0 Å². The molecule has 1 aliphatic rings. The number of carbonyl (C=O) groups is 2. The van der Waals surface area contributed by atoms with Crippen LogP contribution in [0.5, 0.6) is 5.75 Å². The molecule has 184 valence electrons. The van der Waals surface area contributed by atoms with Crippen LogP contribution in [-0.4, -0.2) is 83.0 Å². The highest BCUT2D eigenvalue weighted by Crippen LogP contribution is 2.24. The van der Waals surface area contributed by atoms with Crippen molar-refractivity contribution in [2.75, 3.05) is 64.2 Å². The van der Waals surface area contributed by atoms with E-state index in [2.05, 4.69) is 10.6 Å². The molecule has 0 aromatic heterocycles. The molecule has 1 saturated heterocycles. The van der Waals surface area contributed by atoms with Gasteiger partial charge in [-0.2, -0.15) is 4.31 Å². The van der Waals surface area contributed by atoms with Gasteiger partial charge >= 0.3 is 0 Å². The van der Waals surface area contributed by atoms with E-state index in [4.69, 9.17) is 9.47 Å². The maximum absolute atomic E-state index is 13.0. The molecule has 0 bridgehead atoms. The van der Waals surface area contributed by atoms with Crippen LogP contribution in [-0.2, 0) is 24.3 Å². The van der Waals surface area contributed by atoms with Crippen molar-refractivity contribution in [1.29, 1.82) is 0 Å². The van der Waals surface area contributed by atoms with Gasteiger partial charge in [-0.15, -0.1) is 0 Å². The fourth-order valence-electron chi connectivity index (χ4n) is 3.53. The van der Waals surface area contributed by atoms with E-state index in [1.807, 2.05) is 0 Å². The third-order valence-electron chi connectivity index (χ3n) is 5.24. The van der Waals surface area contributed by atoms with Crippen molar-refractivity contribution >= 4 is 33.2 Å². The topological polar surface area (TPSA) is 117 Å². The minimum atomic E-state index is -3.70. The van der Waals surface area contributed by atoms with Gasteiger partial charge < -0.3 is 20.1 Å². The molecule has 0 unspecified atom stereocenters. The van der Waals surface area contributed by atoms with Gasteiger partial charge in [0.2, 0.25) is 21.8 Å². The van der Waals surface area contributed by atoms with Gasteiger partial charge in [0.25, 0.3) is 0 Å². The maximum Gasteiger partial charge on any atom is 0.243 e. The van der Waals surface area contributed by atoms with E-state index in [9.17, 15) is 18.0 Å². The molecule has 3 rings (SSSR count). The largest absolute Gasteiger partial charge is 0.497 e. The van der Waals surface area contributed by atoms with E-state index in [0.717, 1.165) is 0 Å². The van der Waals surface area contributed by atoms with E-state index >= 15 is 0 Å². The molecule has 0 aliphatic carbocycles. The molecule has 1 fully saturated rings. The number of hydrogen-bond acceptors (Lipinski definition) is 7. The third kappa shape index (κ3) is 6.76. The fourth-order valence-corrected chi connectivity index (χ4v) is 5.19. The minimum Gasteiger partial charge on any atom is -0.497 e. The molecule has 0 saturated carbocycles. The van der Waals surface area contributed by atoms with Gasteiger partial charge in [0.1, 0.15) is 5.75 Å². The second-order valence-corrected chi connectivity index (χ2v) is 9.90. The van der Waals surface area contributed by atoms with E-state index < -0.39 is 10.0 Å². The summed E-state index contributed by atoms with van der Waals surface area (Å²) in [5.74, 6) is -0.0216. The van der Waals surface area contributed by atoms with Gasteiger partial charge in [-0.05, 0) is 43.8 Å². The molecule has 2 aromatic rings. The van der Waals surface area contributed by atoms with Crippen LogP contribution in [0.15, 0.2) is 47.4 Å². The van der Waals surface area contributed by atoms with Crippen LogP contribution >= 0.6 is 0 Å². The van der Waals surface area contributed by atoms with Crippen molar-refractivity contribution in [2.45, 2.75) is 11.8 Å². The average Bonchev–Trinajstić information content (AvgIpc) is 2.80. The first-order valence-corrected chi connectivity index (χ1v) is 12.2. The first-order valence-electron chi connectivity index (χ1n) is 10.8. The molecule has 10 nitrogen and oxygen atoms in total. The predicted octanol–water partition coefficient (Wildman–Crippen LogP) is 1.53. The van der Waals surface area contributed by atoms with E-state index in [1.54, 1.807) is 62.4 Å². The van der Waals surface area contributed by atoms with Crippen LogP contribution in [0.4, 0.5) is 11.4 Å². The Morgan fingerprint density at radius 1 is 1.03 bits per heavy atom. The summed E-state index contributed by atoms with van der Waals surface area (Å²) in [5, 5.41) is 5.48.